The van der Waals surface area contributed by atoms with Crippen LogP contribution < -0.4 is 4.90 Å². The molecule has 0 aromatic carbocycles. The zero-order valence-corrected chi connectivity index (χ0v) is 13.6. The summed E-state index contributed by atoms with van der Waals surface area (Å²) in [5, 5.41) is -1.19. The van der Waals surface area contributed by atoms with E-state index in [9.17, 15) is 4.39 Å². The fraction of sp³-hybridized carbons (Fsp3) is 0.562. The monoisotopic (exact) mass is 308 g/mol. The highest BCUT2D eigenvalue weighted by atomic mass is 31.0. The van der Waals surface area contributed by atoms with Crippen molar-refractivity contribution in [3.63, 3.8) is 0 Å². The molecule has 21 heavy (non-hydrogen) atoms. The summed E-state index contributed by atoms with van der Waals surface area (Å²) < 4.78 is 19.9. The molecule has 1 aromatic rings. The highest BCUT2D eigenvalue weighted by Crippen LogP contribution is 2.37. The number of alkyl halides is 1. The molecule has 0 spiro atoms. The van der Waals surface area contributed by atoms with Crippen LogP contribution in [0, 0.1) is 0 Å². The zero-order chi connectivity index (χ0) is 14.9. The molecular weight excluding hydrogens is 286 g/mol. The molecule has 1 saturated heterocycles. The fourth-order valence-corrected chi connectivity index (χ4v) is 3.41. The second kappa shape index (κ2) is 5.92. The molecule has 0 bridgehead atoms. The summed E-state index contributed by atoms with van der Waals surface area (Å²) >= 11 is 0. The molecule has 0 radical (unpaired) electrons. The van der Waals surface area contributed by atoms with Crippen molar-refractivity contribution < 1.29 is 9.13 Å². The van der Waals surface area contributed by atoms with E-state index in [0.29, 0.717) is 19.5 Å². The Balaban J connectivity index is 1.96. The molecule has 0 N–H and O–H groups in total. The largest absolute Gasteiger partial charge is 0.493 e. The van der Waals surface area contributed by atoms with Crippen LogP contribution in [0.3, 0.4) is 0 Å². The van der Waals surface area contributed by atoms with Crippen LogP contribution in [0.15, 0.2) is 18.3 Å². The molecule has 1 fully saturated rings. The second-order valence-electron chi connectivity index (χ2n) is 5.78. The molecule has 0 amide bonds. The standard InChI is InChI=1S/C16H22FN2OP/c1-2-12-13(14-5-3-4-10-20-14)6-8-18-15(12)19-9-7-16(17,21)11-19/h5-6,8H,2-4,7,9-11,21H2,1H3. The number of hydrogen-bond donors (Lipinski definition) is 0. The van der Waals surface area contributed by atoms with Gasteiger partial charge in [-0.1, -0.05) is 16.2 Å². The fourth-order valence-electron chi connectivity index (χ4n) is 3.06. The average molecular weight is 308 g/mol. The van der Waals surface area contributed by atoms with E-state index in [0.717, 1.165) is 48.6 Å². The van der Waals surface area contributed by atoms with Crippen molar-refractivity contribution >= 4 is 20.8 Å². The summed E-state index contributed by atoms with van der Waals surface area (Å²) in [5.41, 5.74) is 2.27. The Morgan fingerprint density at radius 2 is 2.38 bits per heavy atom. The maximum absolute atomic E-state index is 14.1. The van der Waals surface area contributed by atoms with Gasteiger partial charge in [-0.15, -0.1) is 0 Å². The highest BCUT2D eigenvalue weighted by Gasteiger charge is 2.35. The number of hydrogen-bond acceptors (Lipinski definition) is 3. The van der Waals surface area contributed by atoms with Crippen LogP contribution in [0.1, 0.15) is 37.3 Å². The van der Waals surface area contributed by atoms with Crippen molar-refractivity contribution in [1.82, 2.24) is 4.98 Å². The Bertz CT molecular complexity index is 559. The van der Waals surface area contributed by atoms with E-state index in [2.05, 4.69) is 32.1 Å². The Hall–Kier alpha value is -1.15. The van der Waals surface area contributed by atoms with E-state index in [4.69, 9.17) is 4.74 Å². The SMILES string of the molecule is CCc1c(C2=CCCCO2)ccnc1N1CCC(F)(P)C1. The first-order chi connectivity index (χ1) is 10.1. The van der Waals surface area contributed by atoms with Crippen LogP contribution in [-0.4, -0.2) is 30.1 Å². The van der Waals surface area contributed by atoms with E-state index >= 15 is 0 Å². The van der Waals surface area contributed by atoms with Crippen molar-refractivity contribution in [2.45, 2.75) is 38.0 Å². The van der Waals surface area contributed by atoms with Gasteiger partial charge in [0.2, 0.25) is 0 Å². The molecule has 114 valence electrons. The number of halogens is 1. The lowest BCUT2D eigenvalue weighted by Gasteiger charge is -2.24. The quantitative estimate of drug-likeness (QED) is 0.799. The van der Waals surface area contributed by atoms with Gasteiger partial charge in [-0.3, -0.25) is 0 Å². The third-order valence-corrected chi connectivity index (χ3v) is 4.61. The van der Waals surface area contributed by atoms with Gasteiger partial charge in [0.1, 0.15) is 17.0 Å². The van der Waals surface area contributed by atoms with E-state index in [1.807, 2.05) is 12.3 Å². The Kier molecular flexibility index (Phi) is 4.17. The Morgan fingerprint density at radius 1 is 1.52 bits per heavy atom. The molecule has 3 nitrogen and oxygen atoms in total. The summed E-state index contributed by atoms with van der Waals surface area (Å²) in [5.74, 6) is 1.87. The van der Waals surface area contributed by atoms with Crippen molar-refractivity contribution in [2.75, 3.05) is 24.6 Å². The summed E-state index contributed by atoms with van der Waals surface area (Å²) in [7, 11) is 2.33. The maximum Gasteiger partial charge on any atom is 0.142 e. The number of aromatic nitrogens is 1. The predicted octanol–water partition coefficient (Wildman–Crippen LogP) is 3.55. The Labute approximate surface area is 127 Å². The smallest absolute Gasteiger partial charge is 0.142 e. The molecule has 3 rings (SSSR count). The zero-order valence-electron chi connectivity index (χ0n) is 12.4. The summed E-state index contributed by atoms with van der Waals surface area (Å²) in [6.07, 6.45) is 7.49. The molecule has 0 aliphatic carbocycles. The second-order valence-corrected chi connectivity index (χ2v) is 6.81. The van der Waals surface area contributed by atoms with Gasteiger partial charge < -0.3 is 9.64 Å². The molecule has 3 heterocycles. The molecule has 2 unspecified atom stereocenters. The number of nitrogens with zero attached hydrogens (tertiary/aromatic N) is 2. The van der Waals surface area contributed by atoms with E-state index in [-0.39, 0.29) is 0 Å². The lowest BCUT2D eigenvalue weighted by Crippen LogP contribution is -2.26. The van der Waals surface area contributed by atoms with Gasteiger partial charge in [-0.05, 0) is 31.4 Å². The van der Waals surface area contributed by atoms with E-state index in [1.165, 1.54) is 0 Å². The molecule has 5 heteroatoms. The van der Waals surface area contributed by atoms with Crippen LogP contribution in [0.2, 0.25) is 0 Å². The first-order valence-corrected chi connectivity index (χ1v) is 8.22. The third-order valence-electron chi connectivity index (χ3n) is 4.14. The van der Waals surface area contributed by atoms with Gasteiger partial charge in [-0.25, -0.2) is 9.37 Å². The minimum Gasteiger partial charge on any atom is -0.493 e. The average Bonchev–Trinajstić information content (AvgIpc) is 2.87. The van der Waals surface area contributed by atoms with Crippen molar-refractivity contribution in [1.29, 1.82) is 0 Å². The summed E-state index contributed by atoms with van der Waals surface area (Å²) in [4.78, 5) is 6.57. The summed E-state index contributed by atoms with van der Waals surface area (Å²) in [6, 6.07) is 2.01. The lowest BCUT2D eigenvalue weighted by molar-refractivity contribution is 0.258. The first-order valence-electron chi connectivity index (χ1n) is 7.65. The topological polar surface area (TPSA) is 25.4 Å². The van der Waals surface area contributed by atoms with Crippen molar-refractivity contribution in [2.24, 2.45) is 0 Å². The highest BCUT2D eigenvalue weighted by molar-refractivity contribution is 7.18. The van der Waals surface area contributed by atoms with E-state index in [1.54, 1.807) is 0 Å². The number of ether oxygens (including phenoxy) is 1. The molecule has 2 aliphatic heterocycles. The van der Waals surface area contributed by atoms with Crippen LogP contribution in [0.5, 0.6) is 0 Å². The van der Waals surface area contributed by atoms with E-state index < -0.39 is 5.41 Å². The van der Waals surface area contributed by atoms with Gasteiger partial charge in [0.05, 0.1) is 13.2 Å². The normalized spacial score (nSPS) is 25.7. The van der Waals surface area contributed by atoms with Gasteiger partial charge in [-0.2, -0.15) is 0 Å². The van der Waals surface area contributed by atoms with Crippen LogP contribution >= 0.6 is 9.24 Å². The van der Waals surface area contributed by atoms with Crippen LogP contribution in [0.4, 0.5) is 10.2 Å². The van der Waals surface area contributed by atoms with Crippen molar-refractivity contribution in [3.8, 4) is 0 Å². The molecule has 1 aromatic heterocycles. The minimum absolute atomic E-state index is 0.390. The molecule has 0 saturated carbocycles. The van der Waals surface area contributed by atoms with Gasteiger partial charge >= 0.3 is 0 Å². The number of rotatable bonds is 3. The third kappa shape index (κ3) is 3.06. The van der Waals surface area contributed by atoms with Crippen molar-refractivity contribution in [3.05, 3.63) is 29.5 Å². The number of pyridine rings is 1. The van der Waals surface area contributed by atoms with Gasteiger partial charge in [0, 0.05) is 30.3 Å². The Morgan fingerprint density at radius 3 is 3.00 bits per heavy atom. The van der Waals surface area contributed by atoms with Crippen LogP contribution in [-0.2, 0) is 11.2 Å². The number of allylic oxidation sites excluding steroid dienone is 1. The molecular formula is C16H22FN2OP. The lowest BCUT2D eigenvalue weighted by atomic mass is 10.0. The molecule has 2 aliphatic rings. The maximum atomic E-state index is 14.1. The van der Waals surface area contributed by atoms with Gasteiger partial charge in [0.25, 0.3) is 0 Å². The molecule has 2 atom stereocenters. The van der Waals surface area contributed by atoms with Crippen LogP contribution in [0.25, 0.3) is 5.76 Å². The summed E-state index contributed by atoms with van der Waals surface area (Å²) in [6.45, 7) is 3.99. The predicted molar refractivity (Wildman–Crippen MR) is 87.2 cm³/mol. The minimum atomic E-state index is -1.19. The van der Waals surface area contributed by atoms with Gasteiger partial charge in [0.15, 0.2) is 0 Å². The number of anilines is 1. The first kappa shape index (κ1) is 14.8.